The lowest BCUT2D eigenvalue weighted by molar-refractivity contribution is -0.137. The van der Waals surface area contributed by atoms with Gasteiger partial charge in [-0.15, -0.1) is 0 Å². The molecule has 0 saturated carbocycles. The molecular weight excluding hydrogens is 477 g/mol. The average Bonchev–Trinajstić information content (AvgIpc) is 3.16. The number of alkyl halides is 3. The monoisotopic (exact) mass is 506 g/mol. The molecular formula is C30H29F3N2O2. The average molecular weight is 507 g/mol. The van der Waals surface area contributed by atoms with Crippen LogP contribution < -0.4 is 10.1 Å². The topological polar surface area (TPSA) is 43.3 Å². The van der Waals surface area contributed by atoms with Crippen LogP contribution in [0.1, 0.15) is 58.2 Å². The fourth-order valence-electron chi connectivity index (χ4n) is 4.30. The van der Waals surface area contributed by atoms with Crippen molar-refractivity contribution in [1.82, 2.24) is 4.57 Å². The molecule has 0 fully saturated rings. The van der Waals surface area contributed by atoms with Crippen LogP contribution in [0.15, 0.2) is 78.9 Å². The molecule has 1 aromatic heterocycles. The summed E-state index contributed by atoms with van der Waals surface area (Å²) in [7, 11) is 0. The first-order valence-corrected chi connectivity index (χ1v) is 12.0. The fraction of sp³-hybridized carbons (Fsp3) is 0.233. The summed E-state index contributed by atoms with van der Waals surface area (Å²) in [6, 6.07) is 22.2. The van der Waals surface area contributed by atoms with E-state index in [1.165, 1.54) is 22.3 Å². The van der Waals surface area contributed by atoms with Gasteiger partial charge in [0.25, 0.3) is 5.91 Å². The predicted molar refractivity (Wildman–Crippen MR) is 140 cm³/mol. The van der Waals surface area contributed by atoms with Crippen molar-refractivity contribution in [1.29, 1.82) is 0 Å². The molecule has 0 saturated heterocycles. The second kappa shape index (κ2) is 10.5. The lowest BCUT2D eigenvalue weighted by Crippen LogP contribution is -2.15. The van der Waals surface area contributed by atoms with Gasteiger partial charge in [0.1, 0.15) is 12.4 Å². The van der Waals surface area contributed by atoms with Gasteiger partial charge < -0.3 is 14.6 Å². The second-order valence-electron chi connectivity index (χ2n) is 9.30. The molecule has 1 N–H and O–H groups in total. The van der Waals surface area contributed by atoms with Crippen molar-refractivity contribution in [3.63, 3.8) is 0 Å². The summed E-state index contributed by atoms with van der Waals surface area (Å²) in [5, 5.41) is 2.84. The van der Waals surface area contributed by atoms with Gasteiger partial charge in [-0.2, -0.15) is 13.2 Å². The highest BCUT2D eigenvalue weighted by Gasteiger charge is 2.34. The van der Waals surface area contributed by atoms with E-state index in [-0.39, 0.29) is 5.69 Å². The quantitative estimate of drug-likeness (QED) is 0.275. The molecule has 7 heteroatoms. The highest BCUT2D eigenvalue weighted by atomic mass is 19.4. The molecule has 0 aliphatic heterocycles. The number of rotatable bonds is 7. The van der Waals surface area contributed by atoms with Gasteiger partial charge in [-0.05, 0) is 61.2 Å². The van der Waals surface area contributed by atoms with Crippen molar-refractivity contribution in [2.24, 2.45) is 0 Å². The summed E-state index contributed by atoms with van der Waals surface area (Å²) in [6.07, 6.45) is -4.51. The van der Waals surface area contributed by atoms with Crippen LogP contribution in [0.3, 0.4) is 0 Å². The first kappa shape index (κ1) is 26.1. The smallest absolute Gasteiger partial charge is 0.418 e. The van der Waals surface area contributed by atoms with Gasteiger partial charge in [0.2, 0.25) is 0 Å². The van der Waals surface area contributed by atoms with Crippen LogP contribution >= 0.6 is 0 Å². The zero-order valence-corrected chi connectivity index (χ0v) is 21.2. The summed E-state index contributed by atoms with van der Waals surface area (Å²) >= 11 is 0. The van der Waals surface area contributed by atoms with E-state index in [1.807, 2.05) is 12.1 Å². The third kappa shape index (κ3) is 5.88. The van der Waals surface area contributed by atoms with Crippen molar-refractivity contribution < 1.29 is 22.7 Å². The minimum atomic E-state index is -4.51. The molecule has 4 aromatic rings. The Kier molecular flexibility index (Phi) is 7.43. The van der Waals surface area contributed by atoms with Gasteiger partial charge in [0, 0.05) is 23.1 Å². The molecule has 0 radical (unpaired) electrons. The molecule has 0 spiro atoms. The minimum Gasteiger partial charge on any atom is -0.489 e. The van der Waals surface area contributed by atoms with E-state index in [9.17, 15) is 18.0 Å². The van der Waals surface area contributed by atoms with Crippen LogP contribution in [0.25, 0.3) is 5.69 Å². The number of nitrogens with one attached hydrogen (secondary N) is 1. The molecule has 4 rings (SSSR count). The number of aromatic nitrogens is 1. The van der Waals surface area contributed by atoms with Gasteiger partial charge in [-0.1, -0.05) is 56.3 Å². The van der Waals surface area contributed by atoms with E-state index < -0.39 is 17.6 Å². The number of amides is 1. The zero-order chi connectivity index (χ0) is 26.7. The van der Waals surface area contributed by atoms with Crippen LogP contribution in [0.2, 0.25) is 0 Å². The Hall–Kier alpha value is -4.00. The predicted octanol–water partition coefficient (Wildman–Crippen LogP) is 8.07. The minimum absolute atomic E-state index is 0.0131. The number of hydrogen-bond donors (Lipinski definition) is 1. The molecule has 0 unspecified atom stereocenters. The van der Waals surface area contributed by atoms with Gasteiger partial charge in [0.15, 0.2) is 0 Å². The van der Waals surface area contributed by atoms with E-state index in [2.05, 4.69) is 31.3 Å². The number of anilines is 1. The van der Waals surface area contributed by atoms with Gasteiger partial charge >= 0.3 is 6.18 Å². The Balaban J connectivity index is 1.50. The SMILES string of the molecule is Cc1cc(C(=O)Nc2cccc(OCc3ccc(C(C)C)cc3)c2)c(C)n1-c1ccccc1C(F)(F)F. The Morgan fingerprint density at radius 2 is 1.65 bits per heavy atom. The van der Waals surface area contributed by atoms with Gasteiger partial charge in [-0.3, -0.25) is 4.79 Å². The molecule has 192 valence electrons. The number of hydrogen-bond acceptors (Lipinski definition) is 2. The van der Waals surface area contributed by atoms with Crippen LogP contribution in [0.4, 0.5) is 18.9 Å². The van der Waals surface area contributed by atoms with Crippen molar-refractivity contribution in [3.8, 4) is 11.4 Å². The molecule has 0 aliphatic rings. The maximum Gasteiger partial charge on any atom is 0.418 e. The standard InChI is InChI=1S/C30H29F3N2O2/c1-19(2)23-14-12-22(13-15-23)18-37-25-9-7-8-24(17-25)34-29(36)26-16-20(3)35(21(26)4)28-11-6-5-10-27(28)30(31,32)33/h5-17,19H,18H2,1-4H3,(H,34,36). The normalized spacial score (nSPS) is 11.6. The maximum absolute atomic E-state index is 13.6. The first-order chi connectivity index (χ1) is 17.5. The second-order valence-corrected chi connectivity index (χ2v) is 9.30. The molecule has 0 atom stereocenters. The Morgan fingerprint density at radius 3 is 2.32 bits per heavy atom. The Bertz CT molecular complexity index is 1400. The molecule has 3 aromatic carbocycles. The van der Waals surface area contributed by atoms with Crippen molar-refractivity contribution in [3.05, 3.63) is 113 Å². The summed E-state index contributed by atoms with van der Waals surface area (Å²) in [5.74, 6) is 0.638. The number of ether oxygens (including phenoxy) is 1. The molecule has 1 heterocycles. The number of carbonyl (C=O) groups is 1. The van der Waals surface area contributed by atoms with E-state index in [0.29, 0.717) is 40.9 Å². The highest BCUT2D eigenvalue weighted by molar-refractivity contribution is 6.05. The third-order valence-electron chi connectivity index (χ3n) is 6.27. The van der Waals surface area contributed by atoms with Gasteiger partial charge in [-0.25, -0.2) is 0 Å². The number of halogens is 3. The van der Waals surface area contributed by atoms with E-state index in [0.717, 1.165) is 11.6 Å². The Morgan fingerprint density at radius 1 is 0.946 bits per heavy atom. The summed E-state index contributed by atoms with van der Waals surface area (Å²) in [6.45, 7) is 7.99. The fourth-order valence-corrected chi connectivity index (χ4v) is 4.30. The van der Waals surface area contributed by atoms with Crippen LogP contribution in [-0.4, -0.2) is 10.5 Å². The summed E-state index contributed by atoms with van der Waals surface area (Å²) < 4.78 is 48.2. The highest BCUT2D eigenvalue weighted by Crippen LogP contribution is 2.35. The lowest BCUT2D eigenvalue weighted by atomic mass is 10.0. The number of carbonyl (C=O) groups excluding carboxylic acids is 1. The van der Waals surface area contributed by atoms with Crippen molar-refractivity contribution in [2.45, 2.75) is 46.4 Å². The maximum atomic E-state index is 13.6. The van der Waals surface area contributed by atoms with Crippen LogP contribution in [0, 0.1) is 13.8 Å². The molecule has 37 heavy (non-hydrogen) atoms. The Labute approximate surface area is 214 Å². The summed E-state index contributed by atoms with van der Waals surface area (Å²) in [5.41, 5.74) is 3.29. The lowest BCUT2D eigenvalue weighted by Gasteiger charge is -2.17. The van der Waals surface area contributed by atoms with Crippen LogP contribution in [-0.2, 0) is 12.8 Å². The van der Waals surface area contributed by atoms with Gasteiger partial charge in [0.05, 0.1) is 16.8 Å². The molecule has 4 nitrogen and oxygen atoms in total. The van der Waals surface area contributed by atoms with E-state index in [4.69, 9.17) is 4.74 Å². The molecule has 0 bridgehead atoms. The number of nitrogens with zero attached hydrogens (tertiary/aromatic N) is 1. The third-order valence-corrected chi connectivity index (χ3v) is 6.27. The van der Waals surface area contributed by atoms with Crippen molar-refractivity contribution >= 4 is 11.6 Å². The van der Waals surface area contributed by atoms with Crippen LogP contribution in [0.5, 0.6) is 5.75 Å². The van der Waals surface area contributed by atoms with E-state index >= 15 is 0 Å². The zero-order valence-electron chi connectivity index (χ0n) is 21.2. The summed E-state index contributed by atoms with van der Waals surface area (Å²) in [4.78, 5) is 13.1. The molecule has 1 amide bonds. The number of aryl methyl sites for hydroxylation is 1. The van der Waals surface area contributed by atoms with E-state index in [1.54, 1.807) is 50.2 Å². The largest absolute Gasteiger partial charge is 0.489 e. The molecule has 0 aliphatic carbocycles. The number of benzene rings is 3. The van der Waals surface area contributed by atoms with Crippen molar-refractivity contribution in [2.75, 3.05) is 5.32 Å². The number of para-hydroxylation sites is 1. The first-order valence-electron chi connectivity index (χ1n) is 12.0.